The quantitative estimate of drug-likeness (QED) is 0.255. The van der Waals surface area contributed by atoms with E-state index in [1.165, 1.54) is 0 Å². The second-order valence-corrected chi connectivity index (χ2v) is 9.93. The number of hydrogen-bond donors (Lipinski definition) is 1. The molecule has 0 unspecified atom stereocenters. The van der Waals surface area contributed by atoms with Gasteiger partial charge in [0.2, 0.25) is 5.95 Å². The van der Waals surface area contributed by atoms with E-state index in [0.717, 1.165) is 50.0 Å². The first-order valence-corrected chi connectivity index (χ1v) is 12.5. The van der Waals surface area contributed by atoms with Gasteiger partial charge in [0.25, 0.3) is 0 Å². The average molecular weight is 525 g/mol. The number of hydrogen-bond acceptors (Lipinski definition) is 3. The summed E-state index contributed by atoms with van der Waals surface area (Å²) in [6, 6.07) is 25.9. The minimum Gasteiger partial charge on any atom is -0.481 e. The van der Waals surface area contributed by atoms with Crippen LogP contribution in [0, 0.1) is 0 Å². The Balaban J connectivity index is 1.55. The van der Waals surface area contributed by atoms with Crippen molar-refractivity contribution in [3.05, 3.63) is 94.7 Å². The van der Waals surface area contributed by atoms with E-state index in [1.807, 2.05) is 47.0 Å². The highest BCUT2D eigenvalue weighted by atomic mass is 35.5. The molecule has 0 atom stereocenters. The zero-order valence-electron chi connectivity index (χ0n) is 19.3. The highest BCUT2D eigenvalue weighted by molar-refractivity contribution is 6.32. The van der Waals surface area contributed by atoms with Crippen LogP contribution in [0.1, 0.15) is 12.2 Å². The first-order valence-electron chi connectivity index (χ1n) is 11.8. The summed E-state index contributed by atoms with van der Waals surface area (Å²) in [5.41, 5.74) is 8.33. The van der Waals surface area contributed by atoms with Crippen molar-refractivity contribution in [2.24, 2.45) is 0 Å². The number of nitrogens with zero attached hydrogens (tertiary/aromatic N) is 4. The number of halogens is 2. The lowest BCUT2D eigenvalue weighted by Gasteiger charge is -2.20. The number of aryl methyl sites for hydroxylation is 1. The Morgan fingerprint density at radius 3 is 2.41 bits per heavy atom. The first kappa shape index (κ1) is 22.1. The fraction of sp³-hybridized carbons (Fsp3) is 0.0690. The third kappa shape index (κ3) is 3.44. The van der Waals surface area contributed by atoms with Crippen LogP contribution in [0.25, 0.3) is 56.0 Å². The van der Waals surface area contributed by atoms with Crippen LogP contribution in [0.2, 0.25) is 10.0 Å². The van der Waals surface area contributed by atoms with E-state index < -0.39 is 5.97 Å². The molecule has 6 nitrogen and oxygen atoms in total. The van der Waals surface area contributed by atoms with Crippen LogP contribution in [0.3, 0.4) is 0 Å². The average Bonchev–Trinajstić information content (AvgIpc) is 3.39. The summed E-state index contributed by atoms with van der Waals surface area (Å²) in [6.07, 6.45) is 0.193. The van der Waals surface area contributed by atoms with Gasteiger partial charge in [-0.15, -0.1) is 0 Å². The number of carbonyl (C=O) groups is 1. The van der Waals surface area contributed by atoms with Crippen molar-refractivity contribution in [1.29, 1.82) is 0 Å². The maximum Gasteiger partial charge on any atom is 0.303 e. The Labute approximate surface area is 221 Å². The Morgan fingerprint density at radius 1 is 0.784 bits per heavy atom. The van der Waals surface area contributed by atoms with Crippen molar-refractivity contribution in [2.45, 2.75) is 12.8 Å². The molecule has 1 N–H and O–H groups in total. The third-order valence-corrected chi connectivity index (χ3v) is 7.24. The standard InChI is InChI=1S/C29H18Cl2N4O2/c30-18-7-9-22-24(14-18)35(26(32-22)10-11-27(36)37)29-33-28-21-13-19(31)15-25(28)34(29)23-12-17(6-8-20(21)23)16-4-2-1-3-5-16/h1-9,12-15H,10-11H2,(H,36,37). The van der Waals surface area contributed by atoms with Crippen LogP contribution in [0.4, 0.5) is 0 Å². The number of pyridine rings is 1. The van der Waals surface area contributed by atoms with Crippen LogP contribution in [0.15, 0.2) is 78.9 Å². The van der Waals surface area contributed by atoms with Crippen molar-refractivity contribution >= 4 is 51.2 Å². The second kappa shape index (κ2) is 8.20. The van der Waals surface area contributed by atoms with Crippen molar-refractivity contribution < 1.29 is 9.90 Å². The molecule has 0 saturated carbocycles. The maximum atomic E-state index is 11.4. The normalized spacial score (nSPS) is 11.9. The van der Waals surface area contributed by atoms with Crippen molar-refractivity contribution in [1.82, 2.24) is 19.1 Å². The number of benzene rings is 4. The fourth-order valence-electron chi connectivity index (χ4n) is 5.19. The molecule has 4 aromatic carbocycles. The number of aliphatic carboxylic acids is 1. The number of fused-ring (bicyclic) bond motifs is 4. The van der Waals surface area contributed by atoms with Gasteiger partial charge in [0.15, 0.2) is 0 Å². The van der Waals surface area contributed by atoms with Crippen LogP contribution in [-0.4, -0.2) is 30.2 Å². The minimum atomic E-state index is -0.888. The lowest BCUT2D eigenvalue weighted by atomic mass is 9.95. The van der Waals surface area contributed by atoms with Gasteiger partial charge < -0.3 is 5.11 Å². The molecule has 7 rings (SSSR count). The summed E-state index contributed by atoms with van der Waals surface area (Å²) in [5.74, 6) is 0.334. The monoisotopic (exact) mass is 524 g/mol. The summed E-state index contributed by atoms with van der Waals surface area (Å²) >= 11 is 12.9. The lowest BCUT2D eigenvalue weighted by molar-refractivity contribution is -0.137. The largest absolute Gasteiger partial charge is 0.481 e. The van der Waals surface area contributed by atoms with Gasteiger partial charge in [-0.2, -0.15) is 0 Å². The molecular formula is C29H18Cl2N4O2. The Bertz CT molecular complexity index is 1890. The molecule has 0 fully saturated rings. The number of rotatable bonds is 5. The number of imidazole rings is 2. The van der Waals surface area contributed by atoms with Gasteiger partial charge in [0, 0.05) is 27.6 Å². The Kier molecular flexibility index (Phi) is 4.90. The van der Waals surface area contributed by atoms with E-state index >= 15 is 0 Å². The predicted molar refractivity (Wildman–Crippen MR) is 146 cm³/mol. The Hall–Kier alpha value is -4.13. The van der Waals surface area contributed by atoms with Crippen LogP contribution in [0.5, 0.6) is 0 Å². The predicted octanol–water partition coefficient (Wildman–Crippen LogP) is 7.34. The second-order valence-electron chi connectivity index (χ2n) is 9.06. The van der Waals surface area contributed by atoms with Gasteiger partial charge in [-0.1, -0.05) is 65.7 Å². The summed E-state index contributed by atoms with van der Waals surface area (Å²) in [5, 5.41) is 10.6. The molecule has 1 aliphatic heterocycles. The summed E-state index contributed by atoms with van der Waals surface area (Å²) in [6.45, 7) is 0. The van der Waals surface area contributed by atoms with Crippen LogP contribution < -0.4 is 0 Å². The van der Waals surface area contributed by atoms with E-state index in [1.54, 1.807) is 6.07 Å². The van der Waals surface area contributed by atoms with E-state index in [0.29, 0.717) is 21.8 Å². The van der Waals surface area contributed by atoms with Crippen LogP contribution >= 0.6 is 23.2 Å². The third-order valence-electron chi connectivity index (χ3n) is 6.79. The van der Waals surface area contributed by atoms with Crippen molar-refractivity contribution in [3.63, 3.8) is 0 Å². The molecule has 0 aliphatic carbocycles. The number of carboxylic acid groups (broad SMARTS) is 1. The van der Waals surface area contributed by atoms with Gasteiger partial charge in [-0.05, 0) is 47.5 Å². The van der Waals surface area contributed by atoms with E-state index in [2.05, 4.69) is 34.9 Å². The molecule has 0 spiro atoms. The van der Waals surface area contributed by atoms with Gasteiger partial charge in [-0.3, -0.25) is 13.9 Å². The zero-order chi connectivity index (χ0) is 25.3. The molecule has 37 heavy (non-hydrogen) atoms. The molecule has 180 valence electrons. The van der Waals surface area contributed by atoms with Gasteiger partial charge >= 0.3 is 5.97 Å². The zero-order valence-corrected chi connectivity index (χ0v) is 20.8. The molecule has 6 aromatic rings. The summed E-state index contributed by atoms with van der Waals surface area (Å²) in [7, 11) is 0. The summed E-state index contributed by atoms with van der Waals surface area (Å²) in [4.78, 5) is 21.3. The van der Waals surface area contributed by atoms with E-state index in [4.69, 9.17) is 33.2 Å². The highest BCUT2D eigenvalue weighted by Crippen LogP contribution is 2.44. The molecule has 3 heterocycles. The van der Waals surface area contributed by atoms with E-state index in [-0.39, 0.29) is 12.8 Å². The molecule has 0 radical (unpaired) electrons. The molecular weight excluding hydrogens is 507 g/mol. The topological polar surface area (TPSA) is 72.9 Å². The highest BCUT2D eigenvalue weighted by Gasteiger charge is 2.28. The van der Waals surface area contributed by atoms with Gasteiger partial charge in [0.1, 0.15) is 5.82 Å². The van der Waals surface area contributed by atoms with E-state index in [9.17, 15) is 9.90 Å². The lowest BCUT2D eigenvalue weighted by Crippen LogP contribution is -2.11. The first-order chi connectivity index (χ1) is 18.0. The summed E-state index contributed by atoms with van der Waals surface area (Å²) < 4.78 is 4.01. The SMILES string of the molecule is O=C(O)CCc1nc2ccc(Cl)cc2n1-c1nc2c3cc(Cl)cc2n1-c1cc(-c2ccccc2)ccc1-3. The molecule has 4 bridgehead atoms. The van der Waals surface area contributed by atoms with Gasteiger partial charge in [0.05, 0.1) is 34.2 Å². The molecule has 0 saturated heterocycles. The minimum absolute atomic E-state index is 0.0525. The van der Waals surface area contributed by atoms with Crippen molar-refractivity contribution in [3.8, 4) is 33.9 Å². The Morgan fingerprint density at radius 2 is 1.59 bits per heavy atom. The van der Waals surface area contributed by atoms with Gasteiger partial charge in [-0.25, -0.2) is 9.97 Å². The molecule has 2 aromatic heterocycles. The smallest absolute Gasteiger partial charge is 0.303 e. The fourth-order valence-corrected chi connectivity index (χ4v) is 5.56. The van der Waals surface area contributed by atoms with Crippen molar-refractivity contribution in [2.75, 3.05) is 0 Å². The number of aromatic nitrogens is 4. The maximum absolute atomic E-state index is 11.4. The van der Waals surface area contributed by atoms with Crippen LogP contribution in [-0.2, 0) is 11.2 Å². The molecule has 8 heteroatoms. The molecule has 1 aliphatic rings. The number of carboxylic acids is 1. The molecule has 0 amide bonds.